The van der Waals surface area contributed by atoms with Gasteiger partial charge in [-0.1, -0.05) is 5.92 Å². The molecule has 1 rings (SSSR count). The van der Waals surface area contributed by atoms with Crippen molar-refractivity contribution < 1.29 is 4.79 Å². The third-order valence-corrected chi connectivity index (χ3v) is 2.82. The Hall–Kier alpha value is -1.01. The van der Waals surface area contributed by atoms with Crippen molar-refractivity contribution in [2.75, 3.05) is 19.6 Å². The molecule has 0 aromatic rings. The monoisotopic (exact) mass is 194 g/mol. The van der Waals surface area contributed by atoms with Crippen molar-refractivity contribution in [1.29, 1.82) is 0 Å². The van der Waals surface area contributed by atoms with E-state index in [1.165, 1.54) is 0 Å². The van der Waals surface area contributed by atoms with Gasteiger partial charge in [0.25, 0.3) is 0 Å². The van der Waals surface area contributed by atoms with Gasteiger partial charge in [-0.2, -0.15) is 0 Å². The van der Waals surface area contributed by atoms with Gasteiger partial charge in [-0.05, 0) is 26.8 Å². The summed E-state index contributed by atoms with van der Waals surface area (Å²) in [4.78, 5) is 13.7. The maximum atomic E-state index is 12.0. The first-order chi connectivity index (χ1) is 6.70. The molecule has 0 bridgehead atoms. The minimum atomic E-state index is 0.114. The van der Waals surface area contributed by atoms with E-state index in [1.807, 2.05) is 6.92 Å². The fourth-order valence-corrected chi connectivity index (χ4v) is 1.89. The lowest BCUT2D eigenvalue weighted by Crippen LogP contribution is -2.40. The molecule has 0 aliphatic carbocycles. The average Bonchev–Trinajstić information content (AvgIpc) is 2.59. The van der Waals surface area contributed by atoms with E-state index in [0.717, 1.165) is 13.0 Å². The molecule has 3 nitrogen and oxygen atoms in total. The molecule has 1 N–H and O–H groups in total. The van der Waals surface area contributed by atoms with Crippen LogP contribution in [0.4, 0.5) is 0 Å². The summed E-state index contributed by atoms with van der Waals surface area (Å²) >= 11 is 0. The second-order valence-corrected chi connectivity index (χ2v) is 3.69. The topological polar surface area (TPSA) is 32.3 Å². The van der Waals surface area contributed by atoms with E-state index in [2.05, 4.69) is 18.2 Å². The fraction of sp³-hybridized carbons (Fsp3) is 0.727. The third kappa shape index (κ3) is 2.27. The standard InChI is InChI=1S/C11H18N2O/c1-4-8-13(5-2)11(14)10-6-7-12-9(10)3/h1,9-10,12H,5-8H2,2-3H3. The van der Waals surface area contributed by atoms with Crippen molar-refractivity contribution in [2.24, 2.45) is 5.92 Å². The van der Waals surface area contributed by atoms with Crippen LogP contribution < -0.4 is 5.32 Å². The molecule has 0 aromatic heterocycles. The second kappa shape index (κ2) is 5.02. The fourth-order valence-electron chi connectivity index (χ4n) is 1.89. The largest absolute Gasteiger partial charge is 0.332 e. The molecule has 1 aliphatic rings. The highest BCUT2D eigenvalue weighted by atomic mass is 16.2. The van der Waals surface area contributed by atoms with Gasteiger partial charge in [0.1, 0.15) is 0 Å². The van der Waals surface area contributed by atoms with Crippen LogP contribution in [0.25, 0.3) is 0 Å². The van der Waals surface area contributed by atoms with Crippen LogP contribution >= 0.6 is 0 Å². The first-order valence-corrected chi connectivity index (χ1v) is 5.16. The van der Waals surface area contributed by atoms with Gasteiger partial charge in [0.05, 0.1) is 12.5 Å². The summed E-state index contributed by atoms with van der Waals surface area (Å²) in [5, 5.41) is 3.27. The van der Waals surface area contributed by atoms with Crippen LogP contribution in [-0.2, 0) is 4.79 Å². The zero-order chi connectivity index (χ0) is 10.6. The molecule has 1 fully saturated rings. The lowest BCUT2D eigenvalue weighted by Gasteiger charge is -2.23. The summed E-state index contributed by atoms with van der Waals surface area (Å²) in [6.45, 7) is 6.08. The SMILES string of the molecule is C#CCN(CC)C(=O)C1CCNC1C. The number of hydrogen-bond acceptors (Lipinski definition) is 2. The van der Waals surface area contributed by atoms with Crippen molar-refractivity contribution in [3.8, 4) is 12.3 Å². The molecule has 3 heteroatoms. The summed E-state index contributed by atoms with van der Waals surface area (Å²) in [6.07, 6.45) is 6.15. The Labute approximate surface area is 85.9 Å². The highest BCUT2D eigenvalue weighted by Crippen LogP contribution is 2.17. The highest BCUT2D eigenvalue weighted by molar-refractivity contribution is 5.80. The van der Waals surface area contributed by atoms with Gasteiger partial charge in [0.2, 0.25) is 5.91 Å². The Morgan fingerprint density at radius 2 is 2.43 bits per heavy atom. The zero-order valence-corrected chi connectivity index (χ0v) is 8.92. The van der Waals surface area contributed by atoms with E-state index in [-0.39, 0.29) is 17.9 Å². The summed E-state index contributed by atoms with van der Waals surface area (Å²) in [6, 6.07) is 0.286. The van der Waals surface area contributed by atoms with Crippen molar-refractivity contribution in [1.82, 2.24) is 10.2 Å². The van der Waals surface area contributed by atoms with Gasteiger partial charge in [0.15, 0.2) is 0 Å². The van der Waals surface area contributed by atoms with Gasteiger partial charge in [0, 0.05) is 12.6 Å². The molecular formula is C11H18N2O. The van der Waals surface area contributed by atoms with Gasteiger partial charge in [-0.3, -0.25) is 4.79 Å². The molecule has 78 valence electrons. The Balaban J connectivity index is 2.58. The molecule has 1 saturated heterocycles. The predicted octanol–water partition coefficient (Wildman–Crippen LogP) is 0.466. The summed E-state index contributed by atoms with van der Waals surface area (Å²) in [7, 11) is 0. The minimum Gasteiger partial charge on any atom is -0.332 e. The molecule has 1 heterocycles. The van der Waals surface area contributed by atoms with Crippen molar-refractivity contribution in [2.45, 2.75) is 26.3 Å². The van der Waals surface area contributed by atoms with Crippen LogP contribution in [0, 0.1) is 18.3 Å². The second-order valence-electron chi connectivity index (χ2n) is 3.69. The predicted molar refractivity (Wildman–Crippen MR) is 56.7 cm³/mol. The summed E-state index contributed by atoms with van der Waals surface area (Å²) < 4.78 is 0. The Bertz CT molecular complexity index is 244. The highest BCUT2D eigenvalue weighted by Gasteiger charge is 2.31. The normalized spacial score (nSPS) is 25.8. The number of carbonyl (C=O) groups is 1. The molecule has 0 spiro atoms. The molecule has 1 aliphatic heterocycles. The molecule has 14 heavy (non-hydrogen) atoms. The Morgan fingerprint density at radius 3 is 2.86 bits per heavy atom. The molecule has 1 amide bonds. The number of nitrogens with one attached hydrogen (secondary N) is 1. The minimum absolute atomic E-state index is 0.114. The lowest BCUT2D eigenvalue weighted by molar-refractivity contribution is -0.134. The number of amides is 1. The van der Waals surface area contributed by atoms with Crippen molar-refractivity contribution in [3.63, 3.8) is 0 Å². The van der Waals surface area contributed by atoms with Gasteiger partial charge < -0.3 is 10.2 Å². The number of terminal acetylenes is 1. The van der Waals surface area contributed by atoms with Crippen LogP contribution in [0.2, 0.25) is 0 Å². The number of nitrogens with zero attached hydrogens (tertiary/aromatic N) is 1. The summed E-state index contributed by atoms with van der Waals surface area (Å²) in [5.41, 5.74) is 0. The van der Waals surface area contributed by atoms with Crippen LogP contribution in [0.3, 0.4) is 0 Å². The molecular weight excluding hydrogens is 176 g/mol. The molecule has 0 radical (unpaired) electrons. The van der Waals surface area contributed by atoms with Crippen molar-refractivity contribution >= 4 is 5.91 Å². The molecule has 0 saturated carbocycles. The first-order valence-electron chi connectivity index (χ1n) is 5.16. The first kappa shape index (κ1) is 11.1. The lowest BCUT2D eigenvalue weighted by atomic mass is 10.0. The van der Waals surface area contributed by atoms with Crippen molar-refractivity contribution in [3.05, 3.63) is 0 Å². The number of rotatable bonds is 3. The van der Waals surface area contributed by atoms with E-state index in [1.54, 1.807) is 4.90 Å². The van der Waals surface area contributed by atoms with Gasteiger partial charge in [-0.25, -0.2) is 0 Å². The number of hydrogen-bond donors (Lipinski definition) is 1. The third-order valence-electron chi connectivity index (χ3n) is 2.82. The maximum Gasteiger partial charge on any atom is 0.228 e. The average molecular weight is 194 g/mol. The summed E-state index contributed by atoms with van der Waals surface area (Å²) in [5.74, 6) is 2.83. The molecule has 2 unspecified atom stereocenters. The van der Waals surface area contributed by atoms with Crippen LogP contribution in [-0.4, -0.2) is 36.5 Å². The Morgan fingerprint density at radius 1 is 1.71 bits per heavy atom. The smallest absolute Gasteiger partial charge is 0.228 e. The van der Waals surface area contributed by atoms with E-state index in [0.29, 0.717) is 13.1 Å². The maximum absolute atomic E-state index is 12.0. The van der Waals surface area contributed by atoms with Gasteiger partial charge >= 0.3 is 0 Å². The molecule has 2 atom stereocenters. The number of carbonyl (C=O) groups excluding carboxylic acids is 1. The van der Waals surface area contributed by atoms with Gasteiger partial charge in [-0.15, -0.1) is 6.42 Å². The zero-order valence-electron chi connectivity index (χ0n) is 8.92. The van der Waals surface area contributed by atoms with Crippen LogP contribution in [0.1, 0.15) is 20.3 Å². The Kier molecular flexibility index (Phi) is 3.97. The quantitative estimate of drug-likeness (QED) is 0.662. The van der Waals surface area contributed by atoms with Crippen LogP contribution in [0.15, 0.2) is 0 Å². The van der Waals surface area contributed by atoms with E-state index in [4.69, 9.17) is 6.42 Å². The molecule has 0 aromatic carbocycles. The van der Waals surface area contributed by atoms with Crippen LogP contribution in [0.5, 0.6) is 0 Å². The van der Waals surface area contributed by atoms with E-state index in [9.17, 15) is 4.79 Å². The van der Waals surface area contributed by atoms with E-state index < -0.39 is 0 Å². The van der Waals surface area contributed by atoms with E-state index >= 15 is 0 Å².